The molecular weight excluding hydrogens is 334 g/mol. The molecule has 0 spiro atoms. The number of para-hydroxylation sites is 2. The van der Waals surface area contributed by atoms with Gasteiger partial charge in [0.15, 0.2) is 10.9 Å². The van der Waals surface area contributed by atoms with E-state index in [0.717, 1.165) is 28.1 Å². The van der Waals surface area contributed by atoms with Gasteiger partial charge in [0.25, 0.3) is 0 Å². The highest BCUT2D eigenvalue weighted by Gasteiger charge is 2.15. The molecule has 0 saturated heterocycles. The normalized spacial score (nSPS) is 10.7. The summed E-state index contributed by atoms with van der Waals surface area (Å²) in [4.78, 5) is 12.6. The number of ether oxygens (including phenoxy) is 1. The quantitative estimate of drug-likeness (QED) is 0.497. The molecule has 0 unspecified atom stereocenters. The van der Waals surface area contributed by atoms with Crippen molar-refractivity contribution in [2.24, 2.45) is 0 Å². The van der Waals surface area contributed by atoms with Gasteiger partial charge in [-0.3, -0.25) is 9.36 Å². The highest BCUT2D eigenvalue weighted by molar-refractivity contribution is 7.99. The number of methoxy groups -OCH3 is 1. The lowest BCUT2D eigenvalue weighted by Crippen LogP contribution is -2.06. The first kappa shape index (κ1) is 17.2. The molecule has 6 heteroatoms. The largest absolute Gasteiger partial charge is 0.495 e. The Morgan fingerprint density at radius 3 is 2.80 bits per heavy atom. The third-order valence-corrected chi connectivity index (χ3v) is 4.83. The molecule has 0 fully saturated rings. The molecule has 0 amide bonds. The Hall–Kier alpha value is -2.60. The topological polar surface area (TPSA) is 57.0 Å². The van der Waals surface area contributed by atoms with Crippen molar-refractivity contribution >= 4 is 17.5 Å². The van der Waals surface area contributed by atoms with E-state index in [1.54, 1.807) is 13.4 Å². The summed E-state index contributed by atoms with van der Waals surface area (Å²) >= 11 is 1.37. The number of rotatable bonds is 6. The number of hydrogen-bond acceptors (Lipinski definition) is 5. The van der Waals surface area contributed by atoms with Crippen molar-refractivity contribution in [1.82, 2.24) is 14.8 Å². The Morgan fingerprint density at radius 1 is 1.20 bits per heavy atom. The van der Waals surface area contributed by atoms with Crippen LogP contribution in [0.1, 0.15) is 21.5 Å². The number of aromatic nitrogens is 3. The maximum absolute atomic E-state index is 12.6. The van der Waals surface area contributed by atoms with Crippen LogP contribution in [-0.4, -0.2) is 33.4 Å². The molecule has 0 aliphatic rings. The van der Waals surface area contributed by atoms with E-state index in [4.69, 9.17) is 4.74 Å². The molecule has 3 aromatic rings. The Kier molecular flexibility index (Phi) is 5.19. The van der Waals surface area contributed by atoms with Gasteiger partial charge >= 0.3 is 0 Å². The monoisotopic (exact) mass is 353 g/mol. The molecule has 1 aromatic heterocycles. The van der Waals surface area contributed by atoms with Gasteiger partial charge in [-0.25, -0.2) is 0 Å². The SMILES string of the molecule is COc1ccccc1-n1cnnc1SCC(=O)c1cc(C)ccc1C. The number of hydrogen-bond donors (Lipinski definition) is 0. The van der Waals surface area contributed by atoms with Gasteiger partial charge in [0, 0.05) is 5.56 Å². The zero-order valence-electron chi connectivity index (χ0n) is 14.4. The second-order valence-corrected chi connectivity index (χ2v) is 6.63. The summed E-state index contributed by atoms with van der Waals surface area (Å²) in [5.74, 6) is 1.11. The zero-order chi connectivity index (χ0) is 17.8. The van der Waals surface area contributed by atoms with E-state index in [-0.39, 0.29) is 5.78 Å². The van der Waals surface area contributed by atoms with Crippen molar-refractivity contribution in [3.63, 3.8) is 0 Å². The van der Waals surface area contributed by atoms with Crippen molar-refractivity contribution in [2.75, 3.05) is 12.9 Å². The maximum Gasteiger partial charge on any atom is 0.196 e. The lowest BCUT2D eigenvalue weighted by atomic mass is 10.0. The van der Waals surface area contributed by atoms with E-state index in [1.807, 2.05) is 60.9 Å². The smallest absolute Gasteiger partial charge is 0.196 e. The average molecular weight is 353 g/mol. The standard InChI is InChI=1S/C19H19N3O2S/c1-13-8-9-14(2)15(10-13)17(23)11-25-19-21-20-12-22(19)16-6-4-5-7-18(16)24-3/h4-10,12H,11H2,1-3H3. The first-order valence-corrected chi connectivity index (χ1v) is 8.85. The molecule has 5 nitrogen and oxygen atoms in total. The van der Waals surface area contributed by atoms with Crippen LogP contribution in [0.3, 0.4) is 0 Å². The van der Waals surface area contributed by atoms with Crippen molar-refractivity contribution < 1.29 is 9.53 Å². The van der Waals surface area contributed by atoms with Crippen LogP contribution < -0.4 is 4.74 Å². The summed E-state index contributed by atoms with van der Waals surface area (Å²) in [6.07, 6.45) is 1.63. The minimum atomic E-state index is 0.0841. The third kappa shape index (κ3) is 3.74. The van der Waals surface area contributed by atoms with E-state index in [2.05, 4.69) is 10.2 Å². The molecule has 0 N–H and O–H groups in total. The summed E-state index contributed by atoms with van der Waals surface area (Å²) < 4.78 is 7.23. The van der Waals surface area contributed by atoms with E-state index >= 15 is 0 Å². The van der Waals surface area contributed by atoms with Gasteiger partial charge in [-0.2, -0.15) is 0 Å². The Labute approximate surface area is 151 Å². The third-order valence-electron chi connectivity index (χ3n) is 3.89. The molecule has 25 heavy (non-hydrogen) atoms. The van der Waals surface area contributed by atoms with Crippen LogP contribution in [0.15, 0.2) is 53.9 Å². The van der Waals surface area contributed by atoms with Gasteiger partial charge in [0.2, 0.25) is 0 Å². The molecular formula is C19H19N3O2S. The van der Waals surface area contributed by atoms with Crippen LogP contribution in [0.4, 0.5) is 0 Å². The molecule has 2 aromatic carbocycles. The minimum Gasteiger partial charge on any atom is -0.495 e. The minimum absolute atomic E-state index is 0.0841. The predicted molar refractivity (Wildman–Crippen MR) is 98.9 cm³/mol. The number of aryl methyl sites for hydroxylation is 2. The fourth-order valence-electron chi connectivity index (χ4n) is 2.56. The lowest BCUT2D eigenvalue weighted by molar-refractivity contribution is 0.102. The fourth-order valence-corrected chi connectivity index (χ4v) is 3.37. The van der Waals surface area contributed by atoms with Crippen LogP contribution in [0.25, 0.3) is 5.69 Å². The molecule has 0 aliphatic heterocycles. The van der Waals surface area contributed by atoms with Gasteiger partial charge in [-0.05, 0) is 37.6 Å². The highest BCUT2D eigenvalue weighted by Crippen LogP contribution is 2.27. The number of carbonyl (C=O) groups is 1. The fraction of sp³-hybridized carbons (Fsp3) is 0.211. The van der Waals surface area contributed by atoms with E-state index in [0.29, 0.717) is 10.9 Å². The molecule has 1 heterocycles. The molecule has 0 aliphatic carbocycles. The number of Topliss-reactive ketones (excluding diaryl/α,β-unsaturated/α-hetero) is 1. The summed E-state index contributed by atoms with van der Waals surface area (Å²) in [6.45, 7) is 3.94. The Balaban J connectivity index is 1.80. The summed E-state index contributed by atoms with van der Waals surface area (Å²) in [5.41, 5.74) is 3.67. The van der Waals surface area contributed by atoms with Gasteiger partial charge in [0.1, 0.15) is 12.1 Å². The summed E-state index contributed by atoms with van der Waals surface area (Å²) in [6, 6.07) is 13.6. The number of benzene rings is 2. The second kappa shape index (κ2) is 7.53. The van der Waals surface area contributed by atoms with Gasteiger partial charge in [-0.15, -0.1) is 10.2 Å². The van der Waals surface area contributed by atoms with Crippen LogP contribution in [0, 0.1) is 13.8 Å². The van der Waals surface area contributed by atoms with Crippen molar-refractivity contribution in [3.8, 4) is 11.4 Å². The summed E-state index contributed by atoms with van der Waals surface area (Å²) in [5, 5.41) is 8.78. The zero-order valence-corrected chi connectivity index (χ0v) is 15.2. The van der Waals surface area contributed by atoms with Gasteiger partial charge in [-0.1, -0.05) is 41.6 Å². The first-order valence-electron chi connectivity index (χ1n) is 7.87. The number of carbonyl (C=O) groups excluding carboxylic acids is 1. The molecule has 0 atom stereocenters. The van der Waals surface area contributed by atoms with E-state index < -0.39 is 0 Å². The van der Waals surface area contributed by atoms with Crippen molar-refractivity contribution in [2.45, 2.75) is 19.0 Å². The highest BCUT2D eigenvalue weighted by atomic mass is 32.2. The lowest BCUT2D eigenvalue weighted by Gasteiger charge is -2.11. The average Bonchev–Trinajstić information content (AvgIpc) is 3.10. The van der Waals surface area contributed by atoms with Crippen LogP contribution >= 0.6 is 11.8 Å². The van der Waals surface area contributed by atoms with Gasteiger partial charge in [0.05, 0.1) is 18.6 Å². The van der Waals surface area contributed by atoms with Crippen molar-refractivity contribution in [1.29, 1.82) is 0 Å². The van der Waals surface area contributed by atoms with Crippen LogP contribution in [0.2, 0.25) is 0 Å². The molecule has 0 bridgehead atoms. The first-order chi connectivity index (χ1) is 12.1. The van der Waals surface area contributed by atoms with Crippen LogP contribution in [-0.2, 0) is 0 Å². The Morgan fingerprint density at radius 2 is 2.00 bits per heavy atom. The van der Waals surface area contributed by atoms with Gasteiger partial charge < -0.3 is 4.74 Å². The second-order valence-electron chi connectivity index (χ2n) is 5.69. The Bertz CT molecular complexity index is 905. The van der Waals surface area contributed by atoms with Crippen molar-refractivity contribution in [3.05, 3.63) is 65.5 Å². The molecule has 0 saturated carbocycles. The van der Waals surface area contributed by atoms with E-state index in [1.165, 1.54) is 11.8 Å². The predicted octanol–water partition coefficient (Wildman–Crippen LogP) is 3.87. The summed E-state index contributed by atoms with van der Waals surface area (Å²) in [7, 11) is 1.63. The molecule has 128 valence electrons. The number of thioether (sulfide) groups is 1. The number of ketones is 1. The van der Waals surface area contributed by atoms with E-state index in [9.17, 15) is 4.79 Å². The molecule has 0 radical (unpaired) electrons. The van der Waals surface area contributed by atoms with Crippen LogP contribution in [0.5, 0.6) is 5.75 Å². The number of nitrogens with zero attached hydrogens (tertiary/aromatic N) is 3. The maximum atomic E-state index is 12.6. The molecule has 3 rings (SSSR count).